The van der Waals surface area contributed by atoms with Gasteiger partial charge in [0.25, 0.3) is 0 Å². The minimum absolute atomic E-state index is 0.0466. The molecule has 9 atom stereocenters. The van der Waals surface area contributed by atoms with Crippen LogP contribution in [0, 0.1) is 17.8 Å². The number of nitrogens with zero attached hydrogens (tertiary/aromatic N) is 2. The smallest absolute Gasteiger partial charge is 0.225 e. The van der Waals surface area contributed by atoms with Crippen LogP contribution >= 0.6 is 11.6 Å². The van der Waals surface area contributed by atoms with Crippen molar-refractivity contribution in [3.05, 3.63) is 0 Å². The van der Waals surface area contributed by atoms with Gasteiger partial charge in [0.2, 0.25) is 11.8 Å². The maximum Gasteiger partial charge on any atom is 0.225 e. The number of halogens is 1. The maximum atomic E-state index is 13.2. The number of hydrogen-bond acceptors (Lipinski definition) is 11. The van der Waals surface area contributed by atoms with Crippen molar-refractivity contribution in [2.24, 2.45) is 22.7 Å². The number of nitrogens with one attached hydrogen (secondary N) is 4. The van der Waals surface area contributed by atoms with Gasteiger partial charge in [-0.05, 0) is 77.0 Å². The highest BCUT2D eigenvalue weighted by Gasteiger charge is 2.50. The lowest BCUT2D eigenvalue weighted by atomic mass is 9.72. The number of carbonyl (C=O) groups is 2. The van der Waals surface area contributed by atoms with Crippen LogP contribution in [-0.4, -0.2) is 127 Å². The molecule has 0 spiro atoms. The average Bonchev–Trinajstić information content (AvgIpc) is 3.39. The number of rotatable bonds is 14. The van der Waals surface area contributed by atoms with Gasteiger partial charge in [-0.2, -0.15) is 0 Å². The molecule has 13 nitrogen and oxygen atoms in total. The zero-order valence-corrected chi connectivity index (χ0v) is 28.8. The van der Waals surface area contributed by atoms with Crippen molar-refractivity contribution in [1.29, 1.82) is 0 Å². The van der Waals surface area contributed by atoms with Crippen LogP contribution in [0.2, 0.25) is 0 Å². The van der Waals surface area contributed by atoms with Crippen LogP contribution in [0.15, 0.2) is 4.99 Å². The van der Waals surface area contributed by atoms with E-state index >= 15 is 0 Å². The molecule has 268 valence electrons. The molecule has 6 N–H and O–H groups in total. The Bertz CT molecular complexity index is 1050. The number of carbonyl (C=O) groups excluding carboxylic acids is 2. The first-order valence-corrected chi connectivity index (χ1v) is 18.3. The van der Waals surface area contributed by atoms with E-state index in [1.54, 1.807) is 0 Å². The second-order valence-corrected chi connectivity index (χ2v) is 14.6. The van der Waals surface area contributed by atoms with E-state index in [9.17, 15) is 19.8 Å². The van der Waals surface area contributed by atoms with Gasteiger partial charge in [-0.15, -0.1) is 11.6 Å². The van der Waals surface area contributed by atoms with E-state index in [2.05, 4.69) is 33.3 Å². The molecule has 5 rings (SSSR count). The van der Waals surface area contributed by atoms with Crippen LogP contribution in [0.1, 0.15) is 77.6 Å². The molecular formula is C33H57ClN6O7. The van der Waals surface area contributed by atoms with Crippen LogP contribution in [-0.2, 0) is 23.8 Å². The van der Waals surface area contributed by atoms with Gasteiger partial charge in [0.15, 0.2) is 0 Å². The number of amides is 2. The number of aliphatic hydroxyl groups excluding tert-OH is 2. The molecule has 1 saturated heterocycles. The Kier molecular flexibility index (Phi) is 14.1. The summed E-state index contributed by atoms with van der Waals surface area (Å²) in [5, 5.41) is 25.9. The van der Waals surface area contributed by atoms with Crippen LogP contribution in [0.25, 0.3) is 0 Å². The summed E-state index contributed by atoms with van der Waals surface area (Å²) in [6.45, 7) is 4.31. The highest BCUT2D eigenvalue weighted by atomic mass is 35.5. The summed E-state index contributed by atoms with van der Waals surface area (Å²) in [6, 6.07) is 0.124. The number of hydrogen-bond donors (Lipinski definition) is 6. The number of alkyl halides is 1. The summed E-state index contributed by atoms with van der Waals surface area (Å²) < 4.78 is 17.0. The second kappa shape index (κ2) is 18.0. The molecule has 2 amide bonds. The van der Waals surface area contributed by atoms with Gasteiger partial charge >= 0.3 is 0 Å². The molecule has 0 aromatic rings. The molecule has 2 aliphatic heterocycles. The summed E-state index contributed by atoms with van der Waals surface area (Å²) in [5.74, 6) is -0.180. The van der Waals surface area contributed by atoms with Crippen molar-refractivity contribution in [3.8, 4) is 0 Å². The minimum Gasteiger partial charge on any atom is -0.390 e. The Balaban J connectivity index is 1.05. The van der Waals surface area contributed by atoms with E-state index in [1.807, 2.05) is 7.11 Å². The second-order valence-electron chi connectivity index (χ2n) is 13.9. The van der Waals surface area contributed by atoms with Crippen molar-refractivity contribution in [1.82, 2.24) is 26.4 Å². The molecule has 0 aromatic carbocycles. The molecule has 14 heteroatoms. The summed E-state index contributed by atoms with van der Waals surface area (Å²) in [7, 11) is 1.81. The van der Waals surface area contributed by atoms with Gasteiger partial charge in [0, 0.05) is 43.2 Å². The molecular weight excluding hydrogens is 628 g/mol. The summed E-state index contributed by atoms with van der Waals surface area (Å²) in [5.41, 5.74) is 8.16. The van der Waals surface area contributed by atoms with Gasteiger partial charge in [0.05, 0.1) is 75.5 Å². The van der Waals surface area contributed by atoms with Crippen LogP contribution in [0.5, 0.6) is 0 Å². The molecule has 8 unspecified atom stereocenters. The zero-order chi connectivity index (χ0) is 33.3. The zero-order valence-electron chi connectivity index (χ0n) is 28.1. The predicted octanol–water partition coefficient (Wildman–Crippen LogP) is 1.05. The van der Waals surface area contributed by atoms with Crippen molar-refractivity contribution in [2.75, 3.05) is 46.6 Å². The largest absolute Gasteiger partial charge is 0.390 e. The van der Waals surface area contributed by atoms with Gasteiger partial charge in [-0.3, -0.25) is 19.5 Å². The molecule has 3 saturated carbocycles. The first-order chi connectivity index (χ1) is 22.8. The Hall–Kier alpha value is -1.42. The molecule has 0 radical (unpaired) electrons. The lowest BCUT2D eigenvalue weighted by Crippen LogP contribution is -2.55. The van der Waals surface area contributed by atoms with Crippen molar-refractivity contribution >= 4 is 29.1 Å². The average molecular weight is 685 g/mol. The molecule has 2 heterocycles. The molecule has 0 aromatic heterocycles. The lowest BCUT2D eigenvalue weighted by molar-refractivity contribution is -0.135. The molecule has 4 fully saturated rings. The van der Waals surface area contributed by atoms with Gasteiger partial charge < -0.3 is 35.1 Å². The van der Waals surface area contributed by atoms with Crippen LogP contribution in [0.3, 0.4) is 0 Å². The number of fused-ring (bicyclic) bond motifs is 3. The molecule has 0 bridgehead atoms. The molecule has 47 heavy (non-hydrogen) atoms. The number of aliphatic hydroxyl groups is 2. The number of aliphatic imine (C=N–C) groups is 1. The number of ether oxygens (including phenoxy) is 3. The number of hydrazine groups is 1. The molecule has 5 aliphatic rings. The van der Waals surface area contributed by atoms with E-state index in [-0.39, 0.29) is 48.1 Å². The topological polar surface area (TPSA) is 166 Å². The fourth-order valence-corrected chi connectivity index (χ4v) is 8.58. The van der Waals surface area contributed by atoms with E-state index < -0.39 is 18.1 Å². The van der Waals surface area contributed by atoms with Gasteiger partial charge in [0.1, 0.15) is 0 Å². The normalized spacial score (nSPS) is 37.7. The van der Waals surface area contributed by atoms with E-state index in [4.69, 9.17) is 30.8 Å². The first-order valence-electron chi connectivity index (χ1n) is 17.9. The highest BCUT2D eigenvalue weighted by Crippen LogP contribution is 2.42. The maximum absolute atomic E-state index is 13.2. The quantitative estimate of drug-likeness (QED) is 0.115. The van der Waals surface area contributed by atoms with Crippen molar-refractivity contribution in [3.63, 3.8) is 0 Å². The first kappa shape index (κ1) is 36.9. The highest BCUT2D eigenvalue weighted by molar-refractivity contribution is 6.20. The van der Waals surface area contributed by atoms with E-state index in [0.29, 0.717) is 70.2 Å². The fourth-order valence-electron chi connectivity index (χ4n) is 8.33. The monoisotopic (exact) mass is 684 g/mol. The third-order valence-corrected chi connectivity index (χ3v) is 11.3. The summed E-state index contributed by atoms with van der Waals surface area (Å²) in [6.07, 6.45) is 7.67. The Morgan fingerprint density at radius 1 is 0.957 bits per heavy atom. The lowest BCUT2D eigenvalue weighted by Gasteiger charge is -2.44. The standard InChI is InChI=1S/C33H57ClN6O7/c1-20-38-39-32-26(37-30(21-6-8-22(34)9-7-21)25-18-23(45-2)10-11-27(25)40(20)32)19-29(42)35-12-14-46-16-17-47-15-13-36-33(44)24-4-3-5-28(41)31(24)43/h20-28,31-32,38-39,41,43H,3-19H2,1-2H3,(H,35,42)(H,36,44)/t20?,21?,22?,23?,24?,25?,26-,27?,28?,31?,32?/m0/s1. The van der Waals surface area contributed by atoms with Crippen LogP contribution < -0.4 is 21.5 Å². The predicted molar refractivity (Wildman–Crippen MR) is 178 cm³/mol. The van der Waals surface area contributed by atoms with E-state index in [0.717, 1.165) is 51.4 Å². The third kappa shape index (κ3) is 9.64. The van der Waals surface area contributed by atoms with Crippen LogP contribution in [0.4, 0.5) is 0 Å². The van der Waals surface area contributed by atoms with Crippen molar-refractivity contribution in [2.45, 2.75) is 126 Å². The fraction of sp³-hybridized carbons (Fsp3) is 0.909. The minimum atomic E-state index is -1.01. The Morgan fingerprint density at radius 2 is 1.68 bits per heavy atom. The number of methoxy groups -OCH3 is 1. The Morgan fingerprint density at radius 3 is 2.40 bits per heavy atom. The third-order valence-electron chi connectivity index (χ3n) is 10.9. The summed E-state index contributed by atoms with van der Waals surface area (Å²) >= 11 is 6.50. The van der Waals surface area contributed by atoms with E-state index in [1.165, 1.54) is 5.71 Å². The Labute approximate surface area is 284 Å². The summed E-state index contributed by atoms with van der Waals surface area (Å²) in [4.78, 5) is 33.5. The van der Waals surface area contributed by atoms with Crippen molar-refractivity contribution < 1.29 is 34.0 Å². The van der Waals surface area contributed by atoms with Gasteiger partial charge in [-0.25, -0.2) is 10.9 Å². The SMILES string of the molecule is COC1CCC2C(C1)C(C1CCC(Cl)CC1)=N[C@@H](CC(=O)NCCOCCOCCNC(=O)C1CCCC(O)C1O)C1NNC(C)N21. The molecule has 3 aliphatic carbocycles. The van der Waals surface area contributed by atoms with Gasteiger partial charge in [-0.1, -0.05) is 0 Å².